The standard InChI is InChI=1S/C23H24F3N3O/c1-22(30,16-4-2-9-27-13-16)14-29-18-7-6-15(23(24,25)26)12-17(18)21-19-5-3-10-28(19)11-8-20(21)29/h2,4,6-7,9,12-13,19,30H,3,5,8,10-11,14H2,1H3. The molecule has 30 heavy (non-hydrogen) atoms. The molecule has 2 aliphatic heterocycles. The summed E-state index contributed by atoms with van der Waals surface area (Å²) in [6.45, 7) is 3.89. The molecule has 3 aromatic rings. The van der Waals surface area contributed by atoms with Gasteiger partial charge in [0.25, 0.3) is 0 Å². The Morgan fingerprint density at radius 2 is 2.00 bits per heavy atom. The highest BCUT2D eigenvalue weighted by molar-refractivity contribution is 5.87. The van der Waals surface area contributed by atoms with Crippen LogP contribution in [-0.2, 0) is 24.7 Å². The summed E-state index contributed by atoms with van der Waals surface area (Å²) in [7, 11) is 0. The molecule has 2 atom stereocenters. The summed E-state index contributed by atoms with van der Waals surface area (Å²) in [5, 5.41) is 11.9. The second-order valence-electron chi connectivity index (χ2n) is 8.64. The Balaban J connectivity index is 1.69. The molecule has 5 rings (SSSR count). The molecule has 0 bridgehead atoms. The van der Waals surface area contributed by atoms with E-state index in [0.29, 0.717) is 10.9 Å². The van der Waals surface area contributed by atoms with Crippen LogP contribution in [0.2, 0.25) is 0 Å². The molecule has 0 amide bonds. The first-order valence-electron chi connectivity index (χ1n) is 10.3. The Morgan fingerprint density at radius 3 is 2.73 bits per heavy atom. The third-order valence-corrected chi connectivity index (χ3v) is 6.62. The molecule has 4 nitrogen and oxygen atoms in total. The van der Waals surface area contributed by atoms with Crippen LogP contribution >= 0.6 is 0 Å². The number of alkyl halides is 3. The van der Waals surface area contributed by atoms with Crippen LogP contribution in [0, 0.1) is 0 Å². The lowest BCUT2D eigenvalue weighted by molar-refractivity contribution is -0.137. The van der Waals surface area contributed by atoms with Crippen molar-refractivity contribution in [3.05, 3.63) is 65.1 Å². The summed E-state index contributed by atoms with van der Waals surface area (Å²) >= 11 is 0. The van der Waals surface area contributed by atoms with Crippen molar-refractivity contribution in [3.8, 4) is 0 Å². The van der Waals surface area contributed by atoms with E-state index in [4.69, 9.17) is 0 Å². The molecular weight excluding hydrogens is 391 g/mol. The number of rotatable bonds is 3. The zero-order chi connectivity index (χ0) is 21.1. The van der Waals surface area contributed by atoms with Crippen molar-refractivity contribution in [2.24, 2.45) is 0 Å². The highest BCUT2D eigenvalue weighted by Crippen LogP contribution is 2.45. The maximum Gasteiger partial charge on any atom is 0.416 e. The van der Waals surface area contributed by atoms with Gasteiger partial charge in [-0.1, -0.05) is 6.07 Å². The zero-order valence-corrected chi connectivity index (χ0v) is 16.8. The van der Waals surface area contributed by atoms with E-state index in [1.165, 1.54) is 6.07 Å². The van der Waals surface area contributed by atoms with Gasteiger partial charge in [0, 0.05) is 53.6 Å². The Morgan fingerprint density at radius 1 is 1.17 bits per heavy atom. The van der Waals surface area contributed by atoms with Crippen LogP contribution in [0.15, 0.2) is 42.7 Å². The van der Waals surface area contributed by atoms with Crippen LogP contribution in [0.1, 0.15) is 48.2 Å². The van der Waals surface area contributed by atoms with E-state index in [0.717, 1.165) is 55.2 Å². The predicted octanol–water partition coefficient (Wildman–Crippen LogP) is 4.66. The quantitative estimate of drug-likeness (QED) is 0.677. The van der Waals surface area contributed by atoms with E-state index in [-0.39, 0.29) is 12.6 Å². The average Bonchev–Trinajstić information content (AvgIpc) is 3.30. The minimum Gasteiger partial charge on any atom is -0.384 e. The molecule has 0 radical (unpaired) electrons. The number of halogens is 3. The summed E-state index contributed by atoms with van der Waals surface area (Å²) in [4.78, 5) is 6.49. The Hall–Kier alpha value is -2.38. The van der Waals surface area contributed by atoms with Crippen molar-refractivity contribution in [1.29, 1.82) is 0 Å². The van der Waals surface area contributed by atoms with Gasteiger partial charge in [0.15, 0.2) is 0 Å². The highest BCUT2D eigenvalue weighted by atomic mass is 19.4. The maximum atomic E-state index is 13.5. The number of aromatic nitrogens is 2. The Kier molecular flexibility index (Phi) is 4.45. The third kappa shape index (κ3) is 3.11. The molecule has 0 saturated carbocycles. The van der Waals surface area contributed by atoms with Crippen LogP contribution in [0.5, 0.6) is 0 Å². The SMILES string of the molecule is CC(O)(Cn1c2c(c3cc(C(F)(F)F)ccc31)C1CCCN1CC2)c1cccnc1. The molecule has 2 aliphatic rings. The van der Waals surface area contributed by atoms with Crippen molar-refractivity contribution in [2.75, 3.05) is 13.1 Å². The van der Waals surface area contributed by atoms with Crippen molar-refractivity contribution >= 4 is 10.9 Å². The number of benzene rings is 1. The number of hydrogen-bond acceptors (Lipinski definition) is 3. The normalized spacial score (nSPS) is 21.4. The van der Waals surface area contributed by atoms with Gasteiger partial charge in [-0.05, 0) is 56.1 Å². The van der Waals surface area contributed by atoms with Gasteiger partial charge < -0.3 is 9.67 Å². The summed E-state index contributed by atoms with van der Waals surface area (Å²) in [5.41, 5.74) is 1.70. The molecule has 1 aromatic carbocycles. The van der Waals surface area contributed by atoms with Crippen LogP contribution in [0.25, 0.3) is 10.9 Å². The van der Waals surface area contributed by atoms with Crippen LogP contribution in [-0.4, -0.2) is 32.6 Å². The molecule has 2 aromatic heterocycles. The first-order valence-corrected chi connectivity index (χ1v) is 10.3. The smallest absolute Gasteiger partial charge is 0.384 e. The molecule has 0 spiro atoms. The fourth-order valence-corrected chi connectivity index (χ4v) is 5.18. The van der Waals surface area contributed by atoms with Gasteiger partial charge in [-0.2, -0.15) is 13.2 Å². The van der Waals surface area contributed by atoms with Crippen LogP contribution in [0.3, 0.4) is 0 Å². The second-order valence-corrected chi connectivity index (χ2v) is 8.64. The van der Waals surface area contributed by atoms with Gasteiger partial charge >= 0.3 is 6.18 Å². The van der Waals surface area contributed by atoms with E-state index < -0.39 is 17.3 Å². The molecule has 7 heteroatoms. The average molecular weight is 415 g/mol. The largest absolute Gasteiger partial charge is 0.416 e. The molecule has 1 fully saturated rings. The van der Waals surface area contributed by atoms with Crippen molar-refractivity contribution < 1.29 is 18.3 Å². The highest BCUT2D eigenvalue weighted by Gasteiger charge is 2.38. The molecule has 1 saturated heterocycles. The maximum absolute atomic E-state index is 13.5. The topological polar surface area (TPSA) is 41.3 Å². The van der Waals surface area contributed by atoms with E-state index >= 15 is 0 Å². The van der Waals surface area contributed by atoms with Gasteiger partial charge in [0.2, 0.25) is 0 Å². The lowest BCUT2D eigenvalue weighted by Gasteiger charge is -2.32. The molecule has 2 unspecified atom stereocenters. The molecule has 0 aliphatic carbocycles. The van der Waals surface area contributed by atoms with E-state index in [2.05, 4.69) is 9.88 Å². The van der Waals surface area contributed by atoms with Crippen LogP contribution in [0.4, 0.5) is 13.2 Å². The molecule has 158 valence electrons. The number of fused-ring (bicyclic) bond motifs is 5. The molecule has 4 heterocycles. The zero-order valence-electron chi connectivity index (χ0n) is 16.8. The monoisotopic (exact) mass is 415 g/mol. The predicted molar refractivity (Wildman–Crippen MR) is 108 cm³/mol. The van der Waals surface area contributed by atoms with Crippen molar-refractivity contribution in [1.82, 2.24) is 14.5 Å². The van der Waals surface area contributed by atoms with E-state index in [1.807, 2.05) is 10.6 Å². The molecular formula is C23H24F3N3O. The number of aliphatic hydroxyl groups is 1. The van der Waals surface area contributed by atoms with Gasteiger partial charge in [-0.3, -0.25) is 9.88 Å². The minimum atomic E-state index is -4.38. The van der Waals surface area contributed by atoms with Crippen molar-refractivity contribution in [2.45, 2.75) is 50.6 Å². The summed E-state index contributed by atoms with van der Waals surface area (Å²) < 4.78 is 42.4. The van der Waals surface area contributed by atoms with Crippen LogP contribution < -0.4 is 0 Å². The number of hydrogen-bond donors (Lipinski definition) is 1. The third-order valence-electron chi connectivity index (χ3n) is 6.62. The first-order chi connectivity index (χ1) is 14.3. The van der Waals surface area contributed by atoms with Gasteiger partial charge in [-0.15, -0.1) is 0 Å². The summed E-state index contributed by atoms with van der Waals surface area (Å²) in [6, 6.07) is 7.77. The van der Waals surface area contributed by atoms with Crippen molar-refractivity contribution in [3.63, 3.8) is 0 Å². The minimum absolute atomic E-state index is 0.157. The number of pyridine rings is 1. The fourth-order valence-electron chi connectivity index (χ4n) is 5.18. The van der Waals surface area contributed by atoms with E-state index in [9.17, 15) is 18.3 Å². The fraction of sp³-hybridized carbons (Fsp3) is 0.435. The second kappa shape index (κ2) is 6.82. The van der Waals surface area contributed by atoms with Gasteiger partial charge in [0.1, 0.15) is 5.60 Å². The Labute approximate surface area is 172 Å². The van der Waals surface area contributed by atoms with Gasteiger partial charge in [-0.25, -0.2) is 0 Å². The molecule has 1 N–H and O–H groups in total. The summed E-state index contributed by atoms with van der Waals surface area (Å²) in [5.74, 6) is 0. The number of nitrogens with zero attached hydrogens (tertiary/aromatic N) is 3. The summed E-state index contributed by atoms with van der Waals surface area (Å²) in [6.07, 6.45) is 1.70. The van der Waals surface area contributed by atoms with E-state index in [1.54, 1.807) is 31.5 Å². The first kappa shape index (κ1) is 19.6. The Bertz CT molecular complexity index is 1090. The lowest BCUT2D eigenvalue weighted by Crippen LogP contribution is -2.33. The van der Waals surface area contributed by atoms with Gasteiger partial charge in [0.05, 0.1) is 12.1 Å². The lowest BCUT2D eigenvalue weighted by atomic mass is 9.94.